The van der Waals surface area contributed by atoms with Crippen molar-refractivity contribution in [3.8, 4) is 11.5 Å². The first-order valence-corrected chi connectivity index (χ1v) is 6.75. The monoisotopic (exact) mass is 313 g/mol. The second-order valence-corrected chi connectivity index (χ2v) is 4.53. The average Bonchev–Trinajstić information content (AvgIpc) is 2.58. The predicted octanol–water partition coefficient (Wildman–Crippen LogP) is 2.45. The Morgan fingerprint density at radius 1 is 1.26 bits per heavy atom. The zero-order chi connectivity index (χ0) is 16.7. The highest BCUT2D eigenvalue weighted by Crippen LogP contribution is 2.28. The Labute approximate surface area is 133 Å². The van der Waals surface area contributed by atoms with Crippen LogP contribution in [0.4, 0.5) is 0 Å². The Kier molecular flexibility index (Phi) is 5.46. The molecule has 118 valence electrons. The van der Waals surface area contributed by atoms with Crippen molar-refractivity contribution in [1.29, 1.82) is 0 Å². The van der Waals surface area contributed by atoms with Crippen LogP contribution in [0.25, 0.3) is 6.08 Å². The maximum absolute atomic E-state index is 12.2. The molecule has 0 unspecified atom stereocenters. The highest BCUT2D eigenvalue weighted by molar-refractivity contribution is 6.07. The summed E-state index contributed by atoms with van der Waals surface area (Å²) < 4.78 is 10.2. The molecule has 0 atom stereocenters. The first-order valence-electron chi connectivity index (χ1n) is 6.75. The van der Waals surface area contributed by atoms with Gasteiger partial charge in [0.1, 0.15) is 0 Å². The third-order valence-corrected chi connectivity index (χ3v) is 2.91. The highest BCUT2D eigenvalue weighted by Gasteiger charge is 2.10. The Morgan fingerprint density at radius 2 is 2.09 bits per heavy atom. The first-order chi connectivity index (χ1) is 11.1. The molecule has 2 rings (SSSR count). The van der Waals surface area contributed by atoms with Gasteiger partial charge in [0.2, 0.25) is 0 Å². The van der Waals surface area contributed by atoms with Crippen LogP contribution in [0, 0.1) is 0 Å². The second-order valence-electron chi connectivity index (χ2n) is 4.53. The van der Waals surface area contributed by atoms with Gasteiger partial charge < -0.3 is 14.6 Å². The molecule has 0 aliphatic rings. The molecule has 0 amide bonds. The van der Waals surface area contributed by atoms with Gasteiger partial charge in [-0.3, -0.25) is 9.78 Å². The number of rotatable bonds is 7. The summed E-state index contributed by atoms with van der Waals surface area (Å²) in [4.78, 5) is 26.7. The summed E-state index contributed by atoms with van der Waals surface area (Å²) >= 11 is 0. The fourth-order valence-electron chi connectivity index (χ4n) is 1.82. The molecular weight excluding hydrogens is 298 g/mol. The van der Waals surface area contributed by atoms with E-state index in [2.05, 4.69) is 4.98 Å². The molecule has 2 aromatic rings. The van der Waals surface area contributed by atoms with Gasteiger partial charge in [0.05, 0.1) is 7.11 Å². The van der Waals surface area contributed by atoms with Gasteiger partial charge in [-0.05, 0) is 42.0 Å². The van der Waals surface area contributed by atoms with Gasteiger partial charge in [-0.1, -0.05) is 6.07 Å². The lowest BCUT2D eigenvalue weighted by Gasteiger charge is -2.09. The van der Waals surface area contributed by atoms with Gasteiger partial charge in [0.15, 0.2) is 23.9 Å². The fourth-order valence-corrected chi connectivity index (χ4v) is 1.82. The van der Waals surface area contributed by atoms with Crippen molar-refractivity contribution < 1.29 is 24.2 Å². The van der Waals surface area contributed by atoms with Crippen LogP contribution < -0.4 is 9.47 Å². The van der Waals surface area contributed by atoms with E-state index < -0.39 is 12.6 Å². The topological polar surface area (TPSA) is 85.7 Å². The number of carboxylic acid groups (broad SMARTS) is 1. The number of benzene rings is 1. The second kappa shape index (κ2) is 7.74. The van der Waals surface area contributed by atoms with E-state index in [1.165, 1.54) is 25.3 Å². The molecule has 0 fully saturated rings. The van der Waals surface area contributed by atoms with Crippen LogP contribution >= 0.6 is 0 Å². The molecule has 0 aliphatic carbocycles. The number of nitrogens with zero attached hydrogens (tertiary/aromatic N) is 1. The number of allylic oxidation sites excluding steroid dienone is 1. The van der Waals surface area contributed by atoms with E-state index in [1.54, 1.807) is 30.6 Å². The average molecular weight is 313 g/mol. The molecule has 6 heteroatoms. The van der Waals surface area contributed by atoms with E-state index in [-0.39, 0.29) is 11.5 Å². The van der Waals surface area contributed by atoms with Crippen molar-refractivity contribution in [3.63, 3.8) is 0 Å². The zero-order valence-corrected chi connectivity index (χ0v) is 12.4. The van der Waals surface area contributed by atoms with Gasteiger partial charge in [0.25, 0.3) is 0 Å². The minimum Gasteiger partial charge on any atom is -0.493 e. The number of carbonyl (C=O) groups excluding carboxylic acids is 1. The van der Waals surface area contributed by atoms with Crippen molar-refractivity contribution in [1.82, 2.24) is 4.98 Å². The van der Waals surface area contributed by atoms with E-state index >= 15 is 0 Å². The highest BCUT2D eigenvalue weighted by atomic mass is 16.5. The molecule has 1 aromatic carbocycles. The van der Waals surface area contributed by atoms with Gasteiger partial charge >= 0.3 is 5.97 Å². The number of ether oxygens (including phenoxy) is 2. The molecule has 0 saturated heterocycles. The summed E-state index contributed by atoms with van der Waals surface area (Å²) in [6.07, 6.45) is 6.40. The van der Waals surface area contributed by atoms with E-state index in [0.717, 1.165) is 5.56 Å². The third-order valence-electron chi connectivity index (χ3n) is 2.91. The molecule has 0 radical (unpaired) electrons. The first kappa shape index (κ1) is 16.2. The number of carboxylic acids is 1. The standard InChI is InChI=1S/C17H15NO5/c1-22-16-9-13(5-7-15(16)23-11-17(20)21)14(19)6-4-12-3-2-8-18-10-12/h2-10H,11H2,1H3,(H,20,21)/b6-4-. The molecular formula is C17H15NO5. The molecule has 1 heterocycles. The number of pyridine rings is 1. The van der Waals surface area contributed by atoms with E-state index in [1.807, 2.05) is 6.07 Å². The van der Waals surface area contributed by atoms with Gasteiger partial charge in [-0.15, -0.1) is 0 Å². The number of ketones is 1. The number of methoxy groups -OCH3 is 1. The quantitative estimate of drug-likeness (QED) is 0.624. The smallest absolute Gasteiger partial charge is 0.341 e. The zero-order valence-electron chi connectivity index (χ0n) is 12.4. The minimum atomic E-state index is -1.09. The number of hydrogen-bond acceptors (Lipinski definition) is 5. The van der Waals surface area contributed by atoms with Crippen LogP contribution in [0.3, 0.4) is 0 Å². The Morgan fingerprint density at radius 3 is 2.74 bits per heavy atom. The van der Waals surface area contributed by atoms with Crippen LogP contribution in [0.2, 0.25) is 0 Å². The molecule has 1 N–H and O–H groups in total. The SMILES string of the molecule is COc1cc(C(=O)/C=C\c2cccnc2)ccc1OCC(=O)O. The molecule has 1 aromatic heterocycles. The summed E-state index contributed by atoms with van der Waals surface area (Å²) in [5, 5.41) is 8.63. The van der Waals surface area contributed by atoms with Crippen molar-refractivity contribution in [3.05, 3.63) is 59.9 Å². The summed E-state index contributed by atoms with van der Waals surface area (Å²) in [6.45, 7) is -0.482. The Hall–Kier alpha value is -3.15. The molecule has 23 heavy (non-hydrogen) atoms. The molecule has 0 aliphatic heterocycles. The number of aliphatic carboxylic acids is 1. The molecule has 0 spiro atoms. The van der Waals surface area contributed by atoms with Crippen LogP contribution in [0.5, 0.6) is 11.5 Å². The van der Waals surface area contributed by atoms with Crippen LogP contribution in [-0.4, -0.2) is 35.6 Å². The molecule has 0 saturated carbocycles. The van der Waals surface area contributed by atoms with Gasteiger partial charge in [0, 0.05) is 18.0 Å². The van der Waals surface area contributed by atoms with Gasteiger partial charge in [-0.25, -0.2) is 4.79 Å². The van der Waals surface area contributed by atoms with E-state index in [4.69, 9.17) is 14.6 Å². The summed E-state index contributed by atoms with van der Waals surface area (Å²) in [7, 11) is 1.42. The normalized spacial score (nSPS) is 10.5. The summed E-state index contributed by atoms with van der Waals surface area (Å²) in [5.74, 6) is -0.738. The number of hydrogen-bond donors (Lipinski definition) is 1. The van der Waals surface area contributed by atoms with Crippen molar-refractivity contribution in [2.75, 3.05) is 13.7 Å². The van der Waals surface area contributed by atoms with Crippen molar-refractivity contribution >= 4 is 17.8 Å². The lowest BCUT2D eigenvalue weighted by Crippen LogP contribution is -2.10. The predicted molar refractivity (Wildman–Crippen MR) is 83.7 cm³/mol. The van der Waals surface area contributed by atoms with Crippen molar-refractivity contribution in [2.45, 2.75) is 0 Å². The lowest BCUT2D eigenvalue weighted by atomic mass is 10.1. The van der Waals surface area contributed by atoms with E-state index in [0.29, 0.717) is 11.3 Å². The maximum atomic E-state index is 12.2. The number of carbonyl (C=O) groups is 2. The molecule has 0 bridgehead atoms. The summed E-state index contributed by atoms with van der Waals surface area (Å²) in [6, 6.07) is 8.18. The largest absolute Gasteiger partial charge is 0.493 e. The van der Waals surface area contributed by atoms with E-state index in [9.17, 15) is 9.59 Å². The van der Waals surface area contributed by atoms with Crippen LogP contribution in [0.15, 0.2) is 48.8 Å². The lowest BCUT2D eigenvalue weighted by molar-refractivity contribution is -0.139. The van der Waals surface area contributed by atoms with Gasteiger partial charge in [-0.2, -0.15) is 0 Å². The van der Waals surface area contributed by atoms with Crippen LogP contribution in [-0.2, 0) is 4.79 Å². The third kappa shape index (κ3) is 4.67. The van der Waals surface area contributed by atoms with Crippen LogP contribution in [0.1, 0.15) is 15.9 Å². The Bertz CT molecular complexity index is 725. The fraction of sp³-hybridized carbons (Fsp3) is 0.118. The molecule has 6 nitrogen and oxygen atoms in total. The summed E-state index contributed by atoms with van der Waals surface area (Å²) in [5.41, 5.74) is 1.22. The van der Waals surface area contributed by atoms with Crippen molar-refractivity contribution in [2.24, 2.45) is 0 Å². The maximum Gasteiger partial charge on any atom is 0.341 e. The Balaban J connectivity index is 2.14. The minimum absolute atomic E-state index is 0.211. The number of aromatic nitrogens is 1.